The van der Waals surface area contributed by atoms with Gasteiger partial charge in [0.15, 0.2) is 0 Å². The Hall–Kier alpha value is -1.74. The Bertz CT molecular complexity index is 475. The summed E-state index contributed by atoms with van der Waals surface area (Å²) in [5, 5.41) is 0. The molecule has 0 heteroatoms. The van der Waals surface area contributed by atoms with Gasteiger partial charge in [-0.3, -0.25) is 0 Å². The third-order valence-corrected chi connectivity index (χ3v) is 2.72. The van der Waals surface area contributed by atoms with E-state index in [1.54, 1.807) is 0 Å². The molecule has 1 aromatic carbocycles. The van der Waals surface area contributed by atoms with E-state index in [1.165, 1.54) is 5.56 Å². The smallest absolute Gasteiger partial charge is 0.0249 e. The maximum atomic E-state index is 3.20. The van der Waals surface area contributed by atoms with E-state index < -0.39 is 0 Å². The summed E-state index contributed by atoms with van der Waals surface area (Å²) in [6, 6.07) is 8.32. The predicted molar refractivity (Wildman–Crippen MR) is 69.1 cm³/mol. The molecule has 0 fully saturated rings. The molecule has 1 unspecified atom stereocenters. The monoisotopic (exact) mass is 208 g/mol. The lowest BCUT2D eigenvalue weighted by Gasteiger charge is -2.06. The molecule has 1 aromatic rings. The zero-order valence-corrected chi connectivity index (χ0v) is 9.83. The SMILES string of the molecule is Cc1ccc(C#CC2=CCC(C)C=C2)cc1. The van der Waals surface area contributed by atoms with Crippen molar-refractivity contribution in [1.29, 1.82) is 0 Å². The Balaban J connectivity index is 2.11. The molecule has 0 amide bonds. The van der Waals surface area contributed by atoms with Crippen molar-refractivity contribution in [2.45, 2.75) is 20.3 Å². The summed E-state index contributed by atoms with van der Waals surface area (Å²) in [7, 11) is 0. The molecule has 0 aromatic heterocycles. The number of allylic oxidation sites excluding steroid dienone is 4. The summed E-state index contributed by atoms with van der Waals surface area (Å²) in [5.41, 5.74) is 3.49. The molecule has 0 N–H and O–H groups in total. The Labute approximate surface area is 97.7 Å². The summed E-state index contributed by atoms with van der Waals surface area (Å²) in [6.07, 6.45) is 7.66. The summed E-state index contributed by atoms with van der Waals surface area (Å²) in [4.78, 5) is 0. The Kier molecular flexibility index (Phi) is 3.27. The topological polar surface area (TPSA) is 0 Å². The second-order valence-corrected chi connectivity index (χ2v) is 4.35. The Morgan fingerprint density at radius 2 is 1.88 bits per heavy atom. The first-order valence-corrected chi connectivity index (χ1v) is 5.71. The maximum absolute atomic E-state index is 3.20. The highest BCUT2D eigenvalue weighted by Gasteiger charge is 2.00. The van der Waals surface area contributed by atoms with Crippen LogP contribution in [0.5, 0.6) is 0 Å². The van der Waals surface area contributed by atoms with Gasteiger partial charge in [-0.15, -0.1) is 0 Å². The van der Waals surface area contributed by atoms with Gasteiger partial charge in [0, 0.05) is 11.1 Å². The summed E-state index contributed by atoms with van der Waals surface area (Å²) in [6.45, 7) is 4.31. The molecular weight excluding hydrogens is 192 g/mol. The predicted octanol–water partition coefficient (Wildman–Crippen LogP) is 3.87. The quantitative estimate of drug-likeness (QED) is 0.568. The van der Waals surface area contributed by atoms with E-state index in [2.05, 4.69) is 68.2 Å². The minimum Gasteiger partial charge on any atom is -0.0802 e. The Morgan fingerprint density at radius 3 is 2.50 bits per heavy atom. The van der Waals surface area contributed by atoms with Gasteiger partial charge >= 0.3 is 0 Å². The highest BCUT2D eigenvalue weighted by molar-refractivity contribution is 5.46. The van der Waals surface area contributed by atoms with Gasteiger partial charge in [0.2, 0.25) is 0 Å². The molecule has 0 nitrogen and oxygen atoms in total. The molecular formula is C16H16. The number of benzene rings is 1. The van der Waals surface area contributed by atoms with E-state index in [-0.39, 0.29) is 0 Å². The lowest BCUT2D eigenvalue weighted by atomic mass is 9.99. The first kappa shape index (κ1) is 10.8. The average molecular weight is 208 g/mol. The molecule has 0 heterocycles. The van der Waals surface area contributed by atoms with Crippen molar-refractivity contribution in [2.75, 3.05) is 0 Å². The standard InChI is InChI=1S/C16H16/c1-13-3-7-15(8-4-13)11-12-16-9-5-14(2)6-10-16/h3-5,7-10,14H,6H2,1-2H3. The van der Waals surface area contributed by atoms with Gasteiger partial charge in [0.1, 0.15) is 0 Å². The van der Waals surface area contributed by atoms with Crippen molar-refractivity contribution in [1.82, 2.24) is 0 Å². The number of aryl methyl sites for hydroxylation is 1. The molecule has 0 radical (unpaired) electrons. The number of hydrogen-bond acceptors (Lipinski definition) is 0. The second-order valence-electron chi connectivity index (χ2n) is 4.35. The molecule has 16 heavy (non-hydrogen) atoms. The maximum Gasteiger partial charge on any atom is 0.0249 e. The third-order valence-electron chi connectivity index (χ3n) is 2.72. The largest absolute Gasteiger partial charge is 0.0802 e. The minimum absolute atomic E-state index is 0.657. The second kappa shape index (κ2) is 4.86. The highest BCUT2D eigenvalue weighted by Crippen LogP contribution is 2.14. The van der Waals surface area contributed by atoms with Crippen molar-refractivity contribution in [3.05, 3.63) is 59.2 Å². The molecule has 0 saturated heterocycles. The summed E-state index contributed by atoms with van der Waals surface area (Å²) >= 11 is 0. The van der Waals surface area contributed by atoms with Gasteiger partial charge in [-0.2, -0.15) is 0 Å². The van der Waals surface area contributed by atoms with Crippen molar-refractivity contribution < 1.29 is 0 Å². The minimum atomic E-state index is 0.657. The number of hydrogen-bond donors (Lipinski definition) is 0. The van der Waals surface area contributed by atoms with Gasteiger partial charge in [-0.1, -0.05) is 54.7 Å². The summed E-state index contributed by atoms with van der Waals surface area (Å²) < 4.78 is 0. The van der Waals surface area contributed by atoms with Crippen LogP contribution in [0.1, 0.15) is 24.5 Å². The Morgan fingerprint density at radius 1 is 1.12 bits per heavy atom. The molecule has 0 spiro atoms. The zero-order chi connectivity index (χ0) is 11.4. The van der Waals surface area contributed by atoms with E-state index in [4.69, 9.17) is 0 Å². The van der Waals surface area contributed by atoms with Crippen LogP contribution in [0.4, 0.5) is 0 Å². The van der Waals surface area contributed by atoms with Gasteiger partial charge in [-0.05, 0) is 31.4 Å². The van der Waals surface area contributed by atoms with Crippen molar-refractivity contribution in [3.63, 3.8) is 0 Å². The lowest BCUT2D eigenvalue weighted by Crippen LogP contribution is -1.92. The van der Waals surface area contributed by atoms with E-state index in [1.807, 2.05) is 0 Å². The average Bonchev–Trinajstić information content (AvgIpc) is 2.30. The first-order valence-electron chi connectivity index (χ1n) is 5.71. The van der Waals surface area contributed by atoms with E-state index in [0.29, 0.717) is 5.92 Å². The van der Waals surface area contributed by atoms with E-state index >= 15 is 0 Å². The van der Waals surface area contributed by atoms with Crippen LogP contribution in [-0.2, 0) is 0 Å². The van der Waals surface area contributed by atoms with E-state index in [0.717, 1.165) is 17.6 Å². The number of rotatable bonds is 0. The molecule has 1 aliphatic rings. The van der Waals surface area contributed by atoms with Crippen molar-refractivity contribution in [3.8, 4) is 11.8 Å². The van der Waals surface area contributed by atoms with Crippen LogP contribution in [0.2, 0.25) is 0 Å². The lowest BCUT2D eigenvalue weighted by molar-refractivity contribution is 0.734. The molecule has 80 valence electrons. The van der Waals surface area contributed by atoms with Crippen LogP contribution in [0.15, 0.2) is 48.1 Å². The van der Waals surface area contributed by atoms with Crippen LogP contribution < -0.4 is 0 Å². The molecule has 1 aliphatic carbocycles. The normalized spacial score (nSPS) is 18.6. The van der Waals surface area contributed by atoms with Gasteiger partial charge in [-0.25, -0.2) is 0 Å². The molecule has 0 saturated carbocycles. The molecule has 0 bridgehead atoms. The molecule has 1 atom stereocenters. The van der Waals surface area contributed by atoms with E-state index in [9.17, 15) is 0 Å². The first-order chi connectivity index (χ1) is 7.74. The van der Waals surface area contributed by atoms with Crippen LogP contribution in [-0.4, -0.2) is 0 Å². The van der Waals surface area contributed by atoms with Crippen molar-refractivity contribution in [2.24, 2.45) is 5.92 Å². The molecule has 0 aliphatic heterocycles. The fourth-order valence-corrected chi connectivity index (χ4v) is 1.60. The fraction of sp³-hybridized carbons (Fsp3) is 0.250. The highest BCUT2D eigenvalue weighted by atomic mass is 14.0. The van der Waals surface area contributed by atoms with Gasteiger partial charge in [0.05, 0.1) is 0 Å². The zero-order valence-electron chi connectivity index (χ0n) is 9.83. The summed E-state index contributed by atoms with van der Waals surface area (Å²) in [5.74, 6) is 7.05. The van der Waals surface area contributed by atoms with Crippen molar-refractivity contribution >= 4 is 0 Å². The van der Waals surface area contributed by atoms with Crippen LogP contribution in [0.3, 0.4) is 0 Å². The van der Waals surface area contributed by atoms with Crippen LogP contribution >= 0.6 is 0 Å². The van der Waals surface area contributed by atoms with Crippen LogP contribution in [0, 0.1) is 24.7 Å². The fourth-order valence-electron chi connectivity index (χ4n) is 1.60. The van der Waals surface area contributed by atoms with Crippen LogP contribution in [0.25, 0.3) is 0 Å². The van der Waals surface area contributed by atoms with Gasteiger partial charge in [0.25, 0.3) is 0 Å². The molecule has 2 rings (SSSR count). The third kappa shape index (κ3) is 2.87. The van der Waals surface area contributed by atoms with Gasteiger partial charge < -0.3 is 0 Å².